The van der Waals surface area contributed by atoms with Crippen LogP contribution in [0, 0.1) is 11.3 Å². The van der Waals surface area contributed by atoms with Gasteiger partial charge in [-0.15, -0.1) is 0 Å². The van der Waals surface area contributed by atoms with E-state index < -0.39 is 0 Å². The van der Waals surface area contributed by atoms with E-state index in [2.05, 4.69) is 51.7 Å². The lowest BCUT2D eigenvalue weighted by atomic mass is 9.60. The Labute approximate surface area is 288 Å². The van der Waals surface area contributed by atoms with Crippen molar-refractivity contribution in [1.29, 1.82) is 0 Å². The number of nitrogens with one attached hydrogen (secondary N) is 1. The maximum atomic E-state index is 10.3. The number of nitrogen functional groups attached to an aromatic ring is 1. The molecule has 2 saturated heterocycles. The number of aromatic amines is 1. The number of para-hydroxylation sites is 1. The zero-order valence-corrected chi connectivity index (χ0v) is 28.9. The first-order valence-electron chi connectivity index (χ1n) is 17.9. The Morgan fingerprint density at radius 3 is 2.51 bits per heavy atom. The predicted octanol–water partition coefficient (Wildman–Crippen LogP) is 5.71. The minimum absolute atomic E-state index is 0.145. The van der Waals surface area contributed by atoms with Gasteiger partial charge in [0.05, 0.1) is 0 Å². The number of anilines is 3. The standard InChI is InChI=1S/C38H49N9O2/c1-23(2)24(3)34-15-35(44-49-34)47-21-38(22-47)16-27(17-38)45-11-8-25(9-12-45)26-18-41-37(42-19-26)46-13-10-32-30(20-46)29(36(40)43-32)14-31(39)28-6-4-5-7-33(28)48/h4-7,14-15,18-19,23-25,27,43,48H,8-13,16-17,20-22,39-40H2,1-3H3/b31-14-. The largest absolute Gasteiger partial charge is 0.507 e. The van der Waals surface area contributed by atoms with Gasteiger partial charge in [0, 0.05) is 96.5 Å². The van der Waals surface area contributed by atoms with Crippen molar-refractivity contribution in [2.24, 2.45) is 17.1 Å². The van der Waals surface area contributed by atoms with Crippen molar-refractivity contribution in [1.82, 2.24) is 25.0 Å². The van der Waals surface area contributed by atoms with Gasteiger partial charge in [-0.2, -0.15) is 0 Å². The molecular weight excluding hydrogens is 614 g/mol. The van der Waals surface area contributed by atoms with Crippen molar-refractivity contribution >= 4 is 29.4 Å². The Morgan fingerprint density at radius 2 is 1.80 bits per heavy atom. The first kappa shape index (κ1) is 31.7. The molecule has 6 N–H and O–H groups in total. The summed E-state index contributed by atoms with van der Waals surface area (Å²) in [5, 5.41) is 14.7. The van der Waals surface area contributed by atoms with Gasteiger partial charge in [-0.25, -0.2) is 9.97 Å². The van der Waals surface area contributed by atoms with E-state index in [-0.39, 0.29) is 5.75 Å². The number of hydrogen-bond acceptors (Lipinski definition) is 10. The van der Waals surface area contributed by atoms with Crippen LogP contribution in [0.2, 0.25) is 0 Å². The summed E-state index contributed by atoms with van der Waals surface area (Å²) < 4.78 is 5.68. The first-order valence-corrected chi connectivity index (χ1v) is 17.9. The summed E-state index contributed by atoms with van der Waals surface area (Å²) in [6.45, 7) is 12.6. The SMILES string of the molecule is CC(C)C(C)c1cc(N2CC3(CC(N4CCC(c5cnc(N6CCc7[nH]c(N)c(/C=C(\N)c8ccccc8O)c7C6)nc5)CC4)C3)C2)no1. The molecule has 1 unspecified atom stereocenters. The molecule has 1 aromatic carbocycles. The summed E-state index contributed by atoms with van der Waals surface area (Å²) in [5.41, 5.74) is 18.6. The smallest absolute Gasteiger partial charge is 0.225 e. The maximum absolute atomic E-state index is 10.3. The number of benzene rings is 1. The van der Waals surface area contributed by atoms with Gasteiger partial charge in [0.1, 0.15) is 17.3 Å². The monoisotopic (exact) mass is 663 g/mol. The first-order chi connectivity index (χ1) is 23.7. The van der Waals surface area contributed by atoms with Gasteiger partial charge in [0.25, 0.3) is 0 Å². The molecule has 6 heterocycles. The van der Waals surface area contributed by atoms with Crippen molar-refractivity contribution in [3.05, 3.63) is 76.4 Å². The van der Waals surface area contributed by atoms with Crippen LogP contribution in [0.4, 0.5) is 17.6 Å². The number of aromatic nitrogens is 4. The average molecular weight is 664 g/mol. The fourth-order valence-electron chi connectivity index (χ4n) is 8.48. The van der Waals surface area contributed by atoms with Crippen LogP contribution in [-0.4, -0.2) is 68.9 Å². The molecule has 11 nitrogen and oxygen atoms in total. The minimum atomic E-state index is 0.145. The zero-order chi connectivity index (χ0) is 33.9. The third-order valence-electron chi connectivity index (χ3n) is 11.9. The van der Waals surface area contributed by atoms with Gasteiger partial charge < -0.3 is 40.8 Å². The van der Waals surface area contributed by atoms with Crippen LogP contribution in [0.5, 0.6) is 5.75 Å². The number of phenolic OH excluding ortho intramolecular Hbond substituents is 1. The summed E-state index contributed by atoms with van der Waals surface area (Å²) >= 11 is 0. The number of aromatic hydroxyl groups is 1. The number of hydrogen-bond donors (Lipinski definition) is 4. The Hall–Kier alpha value is -4.51. The van der Waals surface area contributed by atoms with E-state index >= 15 is 0 Å². The number of piperidine rings is 1. The molecule has 3 aliphatic heterocycles. The van der Waals surface area contributed by atoms with Crippen molar-refractivity contribution < 1.29 is 9.63 Å². The average Bonchev–Trinajstić information content (AvgIpc) is 3.68. The molecule has 0 bridgehead atoms. The van der Waals surface area contributed by atoms with Crippen LogP contribution < -0.4 is 21.3 Å². The second-order valence-corrected chi connectivity index (χ2v) is 15.4. The van der Waals surface area contributed by atoms with E-state index in [0.717, 1.165) is 86.3 Å². The Kier molecular flexibility index (Phi) is 8.05. The Balaban J connectivity index is 0.835. The summed E-state index contributed by atoms with van der Waals surface area (Å²) in [6.07, 6.45) is 11.6. The lowest BCUT2D eigenvalue weighted by Gasteiger charge is -2.61. The van der Waals surface area contributed by atoms with Crippen molar-refractivity contribution in [3.8, 4) is 5.75 Å². The van der Waals surface area contributed by atoms with Crippen LogP contribution in [0.15, 0.2) is 47.2 Å². The molecular formula is C38H49N9O2. The fourth-order valence-corrected chi connectivity index (χ4v) is 8.48. The van der Waals surface area contributed by atoms with Gasteiger partial charge >= 0.3 is 0 Å². The summed E-state index contributed by atoms with van der Waals surface area (Å²) in [4.78, 5) is 20.4. The molecule has 0 amide bonds. The molecule has 3 aromatic heterocycles. The molecule has 1 spiro atoms. The highest BCUT2D eigenvalue weighted by molar-refractivity contribution is 5.86. The summed E-state index contributed by atoms with van der Waals surface area (Å²) in [6, 6.07) is 9.93. The van der Waals surface area contributed by atoms with E-state index in [9.17, 15) is 5.11 Å². The van der Waals surface area contributed by atoms with Gasteiger partial charge in [-0.1, -0.05) is 38.1 Å². The van der Waals surface area contributed by atoms with E-state index in [0.29, 0.717) is 52.8 Å². The van der Waals surface area contributed by atoms with Crippen LogP contribution >= 0.6 is 0 Å². The highest BCUT2D eigenvalue weighted by atomic mass is 16.5. The number of phenols is 1. The lowest BCUT2D eigenvalue weighted by Crippen LogP contribution is -2.67. The predicted molar refractivity (Wildman–Crippen MR) is 193 cm³/mol. The summed E-state index contributed by atoms with van der Waals surface area (Å²) in [5.74, 6) is 4.91. The number of likely N-dealkylation sites (tertiary alicyclic amines) is 1. The maximum Gasteiger partial charge on any atom is 0.225 e. The number of nitrogens with two attached hydrogens (primary N) is 2. The topological polar surface area (TPSA) is 150 Å². The molecule has 1 aliphatic carbocycles. The van der Waals surface area contributed by atoms with Crippen LogP contribution in [0.25, 0.3) is 11.8 Å². The number of fused-ring (bicyclic) bond motifs is 1. The molecule has 49 heavy (non-hydrogen) atoms. The van der Waals surface area contributed by atoms with Crippen LogP contribution in [-0.2, 0) is 13.0 Å². The van der Waals surface area contributed by atoms with Crippen LogP contribution in [0.1, 0.15) is 92.0 Å². The quantitative estimate of drug-likeness (QED) is 0.185. The number of nitrogens with zero attached hydrogens (tertiary/aromatic N) is 6. The molecule has 11 heteroatoms. The normalized spacial score (nSPS) is 20.8. The molecule has 1 saturated carbocycles. The molecule has 4 aromatic rings. The fraction of sp³-hybridized carbons (Fsp3) is 0.500. The minimum Gasteiger partial charge on any atom is -0.507 e. The third kappa shape index (κ3) is 5.92. The van der Waals surface area contributed by atoms with Gasteiger partial charge in [-0.05, 0) is 74.4 Å². The highest BCUT2D eigenvalue weighted by Gasteiger charge is 2.54. The van der Waals surface area contributed by atoms with Crippen LogP contribution in [0.3, 0.4) is 0 Å². The molecule has 4 aliphatic rings. The molecule has 1 atom stereocenters. The molecule has 8 rings (SSSR count). The second kappa shape index (κ2) is 12.4. The van der Waals surface area contributed by atoms with Crippen molar-refractivity contribution in [3.63, 3.8) is 0 Å². The van der Waals surface area contributed by atoms with E-state index in [1.54, 1.807) is 18.2 Å². The molecule has 258 valence electrons. The Bertz CT molecular complexity index is 1820. The van der Waals surface area contributed by atoms with Crippen molar-refractivity contribution in [2.75, 3.05) is 48.3 Å². The van der Waals surface area contributed by atoms with Crippen molar-refractivity contribution in [2.45, 2.75) is 77.3 Å². The van der Waals surface area contributed by atoms with E-state index in [1.165, 1.54) is 18.4 Å². The van der Waals surface area contributed by atoms with Gasteiger partial charge in [-0.3, -0.25) is 0 Å². The second-order valence-electron chi connectivity index (χ2n) is 15.4. The third-order valence-corrected chi connectivity index (χ3v) is 11.9. The Morgan fingerprint density at radius 1 is 1.06 bits per heavy atom. The lowest BCUT2D eigenvalue weighted by molar-refractivity contribution is -0.0289. The highest BCUT2D eigenvalue weighted by Crippen LogP contribution is 2.52. The number of rotatable bonds is 8. The van der Waals surface area contributed by atoms with Gasteiger partial charge in [0.2, 0.25) is 5.95 Å². The molecule has 3 fully saturated rings. The zero-order valence-electron chi connectivity index (χ0n) is 28.9. The van der Waals surface area contributed by atoms with E-state index in [4.69, 9.17) is 26.0 Å². The van der Waals surface area contributed by atoms with Gasteiger partial charge in [0.15, 0.2) is 5.82 Å². The van der Waals surface area contributed by atoms with E-state index in [1.807, 2.05) is 24.5 Å². The summed E-state index contributed by atoms with van der Waals surface area (Å²) in [7, 11) is 0. The molecule has 0 radical (unpaired) electrons. The number of H-pyrrole nitrogens is 1.